The fourth-order valence-electron chi connectivity index (χ4n) is 2.06. The highest BCUT2D eigenvalue weighted by Crippen LogP contribution is 2.37. The minimum atomic E-state index is 0.0566. The Labute approximate surface area is 102 Å². The van der Waals surface area contributed by atoms with Gasteiger partial charge in [-0.2, -0.15) is 22.7 Å². The van der Waals surface area contributed by atoms with Crippen LogP contribution in [-0.4, -0.2) is 5.78 Å². The smallest absolute Gasteiger partial charge is 0.163 e. The minimum Gasteiger partial charge on any atom is -0.294 e. The number of hydrogen-bond donors (Lipinski definition) is 0. The second-order valence-corrected chi connectivity index (χ2v) is 5.46. The number of allylic oxidation sites excluding steroid dienone is 2. The van der Waals surface area contributed by atoms with E-state index in [0.29, 0.717) is 0 Å². The highest BCUT2D eigenvalue weighted by atomic mass is 32.1. The van der Waals surface area contributed by atoms with E-state index in [-0.39, 0.29) is 11.7 Å². The molecule has 0 saturated heterocycles. The fraction of sp³-hybridized carbons (Fsp3) is 0.154. The van der Waals surface area contributed by atoms with Crippen molar-refractivity contribution < 1.29 is 4.79 Å². The molecular weight excluding hydrogens is 236 g/mol. The summed E-state index contributed by atoms with van der Waals surface area (Å²) in [6.45, 7) is 0. The molecular formula is C13H10OS2. The first-order chi connectivity index (χ1) is 7.84. The summed E-state index contributed by atoms with van der Waals surface area (Å²) < 4.78 is 0. The van der Waals surface area contributed by atoms with Gasteiger partial charge >= 0.3 is 0 Å². The fourth-order valence-corrected chi connectivity index (χ4v) is 3.45. The summed E-state index contributed by atoms with van der Waals surface area (Å²) in [4.78, 5) is 11.9. The third kappa shape index (κ3) is 1.66. The molecule has 0 aromatic carbocycles. The number of carbonyl (C=O) groups is 1. The Morgan fingerprint density at radius 3 is 2.62 bits per heavy atom. The Kier molecular flexibility index (Phi) is 2.50. The van der Waals surface area contributed by atoms with Gasteiger partial charge in [0, 0.05) is 0 Å². The molecule has 1 unspecified atom stereocenters. The van der Waals surface area contributed by atoms with E-state index in [9.17, 15) is 4.79 Å². The highest BCUT2D eigenvalue weighted by molar-refractivity contribution is 7.08. The molecule has 16 heavy (non-hydrogen) atoms. The summed E-state index contributed by atoms with van der Waals surface area (Å²) >= 11 is 3.33. The first-order valence-electron chi connectivity index (χ1n) is 5.13. The summed E-state index contributed by atoms with van der Waals surface area (Å²) in [6.07, 6.45) is 2.66. The Bertz CT molecular complexity index is 520. The van der Waals surface area contributed by atoms with E-state index in [1.807, 2.05) is 11.5 Å². The molecule has 0 N–H and O–H groups in total. The molecule has 0 saturated carbocycles. The molecule has 2 aromatic heterocycles. The monoisotopic (exact) mass is 246 g/mol. The van der Waals surface area contributed by atoms with E-state index in [1.165, 1.54) is 11.1 Å². The van der Waals surface area contributed by atoms with E-state index in [1.54, 1.807) is 22.7 Å². The van der Waals surface area contributed by atoms with Crippen molar-refractivity contribution in [3.05, 3.63) is 50.9 Å². The van der Waals surface area contributed by atoms with Crippen LogP contribution in [0.2, 0.25) is 0 Å². The molecule has 0 spiro atoms. The molecule has 3 rings (SSSR count). The van der Waals surface area contributed by atoms with Gasteiger partial charge in [0.25, 0.3) is 0 Å². The summed E-state index contributed by atoms with van der Waals surface area (Å²) in [5, 5.41) is 8.27. The molecule has 1 aliphatic carbocycles. The lowest BCUT2D eigenvalue weighted by atomic mass is 9.96. The third-order valence-corrected chi connectivity index (χ3v) is 4.31. The molecule has 1 atom stereocenters. The van der Waals surface area contributed by atoms with Crippen LogP contribution < -0.4 is 0 Å². The zero-order valence-corrected chi connectivity index (χ0v) is 10.2. The standard InChI is InChI=1S/C13H10OS2/c14-13-6-11(9-1-3-15-7-9)5-12(13)10-2-4-16-8-10/h1-4,6-8,12H,5H2. The van der Waals surface area contributed by atoms with Crippen molar-refractivity contribution in [3.8, 4) is 0 Å². The normalized spacial score (nSPS) is 20.1. The summed E-state index contributed by atoms with van der Waals surface area (Å²) in [7, 11) is 0. The first kappa shape index (κ1) is 10.00. The lowest BCUT2D eigenvalue weighted by Gasteiger charge is -2.05. The van der Waals surface area contributed by atoms with Crippen molar-refractivity contribution in [3.63, 3.8) is 0 Å². The average Bonchev–Trinajstić information content (AvgIpc) is 2.97. The minimum absolute atomic E-state index is 0.0566. The predicted molar refractivity (Wildman–Crippen MR) is 69.0 cm³/mol. The van der Waals surface area contributed by atoms with Gasteiger partial charge in [0.05, 0.1) is 5.92 Å². The number of hydrogen-bond acceptors (Lipinski definition) is 3. The second kappa shape index (κ2) is 4.00. The Hall–Kier alpha value is -1.19. The van der Waals surface area contributed by atoms with Gasteiger partial charge in [-0.15, -0.1) is 0 Å². The first-order valence-corrected chi connectivity index (χ1v) is 7.02. The largest absolute Gasteiger partial charge is 0.294 e. The molecule has 0 fully saturated rings. The van der Waals surface area contributed by atoms with Crippen LogP contribution in [0.25, 0.3) is 5.57 Å². The van der Waals surface area contributed by atoms with Crippen LogP contribution in [0.3, 0.4) is 0 Å². The van der Waals surface area contributed by atoms with Crippen molar-refractivity contribution in [1.82, 2.24) is 0 Å². The molecule has 1 nitrogen and oxygen atoms in total. The van der Waals surface area contributed by atoms with E-state index in [0.717, 1.165) is 12.0 Å². The summed E-state index contributed by atoms with van der Waals surface area (Å²) in [5.74, 6) is 0.306. The molecule has 3 heteroatoms. The third-order valence-electron chi connectivity index (χ3n) is 2.92. The molecule has 0 amide bonds. The Balaban J connectivity index is 1.88. The van der Waals surface area contributed by atoms with Crippen LogP contribution in [0.5, 0.6) is 0 Å². The Morgan fingerprint density at radius 1 is 1.12 bits per heavy atom. The van der Waals surface area contributed by atoms with Gasteiger partial charge in [0.2, 0.25) is 0 Å². The zero-order valence-electron chi connectivity index (χ0n) is 8.55. The maximum absolute atomic E-state index is 11.9. The van der Waals surface area contributed by atoms with Gasteiger partial charge in [-0.1, -0.05) is 0 Å². The molecule has 2 aromatic rings. The van der Waals surface area contributed by atoms with Crippen molar-refractivity contribution in [2.24, 2.45) is 0 Å². The molecule has 0 radical (unpaired) electrons. The van der Waals surface area contributed by atoms with Crippen LogP contribution in [0.15, 0.2) is 39.7 Å². The van der Waals surface area contributed by atoms with E-state index < -0.39 is 0 Å². The molecule has 2 heterocycles. The SMILES string of the molecule is O=C1C=C(c2ccsc2)CC1c1ccsc1. The molecule has 80 valence electrons. The van der Waals surface area contributed by atoms with E-state index >= 15 is 0 Å². The molecule has 0 bridgehead atoms. The number of carbonyl (C=O) groups excluding carboxylic acids is 1. The van der Waals surface area contributed by atoms with Crippen LogP contribution in [-0.2, 0) is 4.79 Å². The van der Waals surface area contributed by atoms with Crippen molar-refractivity contribution >= 4 is 34.0 Å². The van der Waals surface area contributed by atoms with E-state index in [4.69, 9.17) is 0 Å². The number of thiophene rings is 2. The predicted octanol–water partition coefficient (Wildman–Crippen LogP) is 3.95. The van der Waals surface area contributed by atoms with Crippen LogP contribution in [0.4, 0.5) is 0 Å². The molecule has 1 aliphatic rings. The van der Waals surface area contributed by atoms with Gasteiger partial charge < -0.3 is 0 Å². The van der Waals surface area contributed by atoms with Crippen LogP contribution >= 0.6 is 22.7 Å². The highest BCUT2D eigenvalue weighted by Gasteiger charge is 2.27. The zero-order chi connectivity index (χ0) is 11.0. The van der Waals surface area contributed by atoms with Gasteiger partial charge in [0.15, 0.2) is 5.78 Å². The van der Waals surface area contributed by atoms with Gasteiger partial charge in [-0.25, -0.2) is 0 Å². The lowest BCUT2D eigenvalue weighted by Crippen LogP contribution is -2.02. The summed E-state index contributed by atoms with van der Waals surface area (Å²) in [5.41, 5.74) is 3.55. The number of rotatable bonds is 2. The van der Waals surface area contributed by atoms with Crippen molar-refractivity contribution in [2.75, 3.05) is 0 Å². The average molecular weight is 246 g/mol. The van der Waals surface area contributed by atoms with Gasteiger partial charge in [0.1, 0.15) is 0 Å². The maximum atomic E-state index is 11.9. The topological polar surface area (TPSA) is 17.1 Å². The van der Waals surface area contributed by atoms with Gasteiger partial charge in [-0.3, -0.25) is 4.79 Å². The van der Waals surface area contributed by atoms with E-state index in [2.05, 4.69) is 28.3 Å². The molecule has 0 aliphatic heterocycles. The van der Waals surface area contributed by atoms with Crippen LogP contribution in [0, 0.1) is 0 Å². The Morgan fingerprint density at radius 2 is 1.94 bits per heavy atom. The maximum Gasteiger partial charge on any atom is 0.163 e. The van der Waals surface area contributed by atoms with Gasteiger partial charge in [-0.05, 0) is 62.8 Å². The summed E-state index contributed by atoms with van der Waals surface area (Å²) in [6, 6.07) is 4.14. The van der Waals surface area contributed by atoms with Crippen molar-refractivity contribution in [2.45, 2.75) is 12.3 Å². The van der Waals surface area contributed by atoms with Crippen LogP contribution in [0.1, 0.15) is 23.5 Å². The lowest BCUT2D eigenvalue weighted by molar-refractivity contribution is -0.115. The van der Waals surface area contributed by atoms with Crippen molar-refractivity contribution in [1.29, 1.82) is 0 Å². The second-order valence-electron chi connectivity index (χ2n) is 3.90. The number of ketones is 1. The quantitative estimate of drug-likeness (QED) is 0.784.